The number of nitrogens with one attached hydrogen (secondary N) is 3. The summed E-state index contributed by atoms with van der Waals surface area (Å²) in [5, 5.41) is 24.6. The van der Waals surface area contributed by atoms with Crippen molar-refractivity contribution in [2.75, 3.05) is 29.1 Å². The molecule has 0 spiro atoms. The van der Waals surface area contributed by atoms with E-state index >= 15 is 0 Å². The molecule has 4 aromatic rings. The Labute approximate surface area is 242 Å². The van der Waals surface area contributed by atoms with Crippen molar-refractivity contribution >= 4 is 34.2 Å². The van der Waals surface area contributed by atoms with Gasteiger partial charge in [0.05, 0.1) is 11.6 Å². The number of H-pyrrole nitrogens is 1. The third kappa shape index (κ3) is 6.74. The summed E-state index contributed by atoms with van der Waals surface area (Å²) >= 11 is 0. The summed E-state index contributed by atoms with van der Waals surface area (Å²) in [5.41, 5.74) is 4.05. The van der Waals surface area contributed by atoms with Crippen LogP contribution >= 0.6 is 0 Å². The Morgan fingerprint density at radius 2 is 1.93 bits per heavy atom. The fraction of sp³-hybridized carbons (Fsp3) is 0.452. The highest BCUT2D eigenvalue weighted by Gasteiger charge is 2.34. The van der Waals surface area contributed by atoms with Gasteiger partial charge in [0.15, 0.2) is 5.82 Å². The predicted octanol–water partition coefficient (Wildman–Crippen LogP) is 5.78. The first-order chi connectivity index (χ1) is 20.0. The van der Waals surface area contributed by atoms with Crippen molar-refractivity contribution in [2.45, 2.75) is 77.5 Å². The lowest BCUT2D eigenvalue weighted by molar-refractivity contribution is 0.0734. The number of aryl methyl sites for hydroxylation is 1. The van der Waals surface area contributed by atoms with E-state index < -0.39 is 0 Å². The molecule has 0 radical (unpaired) electrons. The number of fused-ring (bicyclic) bond motifs is 1. The fourth-order valence-corrected chi connectivity index (χ4v) is 5.94. The number of likely N-dealkylation sites (tertiary alicyclic amines) is 1. The van der Waals surface area contributed by atoms with Gasteiger partial charge in [0, 0.05) is 79.9 Å². The summed E-state index contributed by atoms with van der Waals surface area (Å²) in [6, 6.07) is 15.7. The summed E-state index contributed by atoms with van der Waals surface area (Å²) in [7, 11) is 2.08. The van der Waals surface area contributed by atoms with E-state index in [1.54, 1.807) is 6.20 Å². The molecule has 10 nitrogen and oxygen atoms in total. The molecule has 0 saturated carbocycles. The van der Waals surface area contributed by atoms with Crippen LogP contribution in [0, 0.1) is 18.3 Å². The zero-order valence-corrected chi connectivity index (χ0v) is 24.4. The van der Waals surface area contributed by atoms with Crippen molar-refractivity contribution in [2.24, 2.45) is 0 Å². The minimum absolute atomic E-state index is 0.248. The van der Waals surface area contributed by atoms with E-state index in [1.807, 2.05) is 25.3 Å². The molecule has 3 aromatic heterocycles. The molecule has 2 unspecified atom stereocenters. The van der Waals surface area contributed by atoms with Crippen LogP contribution in [0.3, 0.4) is 0 Å². The third-order valence-electron chi connectivity index (χ3n) is 8.02. The molecule has 4 heterocycles. The van der Waals surface area contributed by atoms with E-state index in [4.69, 9.17) is 9.97 Å². The molecule has 3 N–H and O–H groups in total. The van der Waals surface area contributed by atoms with Crippen molar-refractivity contribution in [3.63, 3.8) is 0 Å². The van der Waals surface area contributed by atoms with Gasteiger partial charge in [-0.2, -0.15) is 15.3 Å². The van der Waals surface area contributed by atoms with Crippen LogP contribution in [0.4, 0.5) is 23.3 Å². The monoisotopic (exact) mass is 552 g/mol. The second-order valence-corrected chi connectivity index (χ2v) is 11.0. The van der Waals surface area contributed by atoms with Crippen LogP contribution < -0.4 is 15.5 Å². The minimum Gasteiger partial charge on any atom is -0.370 e. The molecule has 1 fully saturated rings. The van der Waals surface area contributed by atoms with Gasteiger partial charge in [-0.3, -0.25) is 15.0 Å². The largest absolute Gasteiger partial charge is 0.370 e. The van der Waals surface area contributed by atoms with Gasteiger partial charge in [-0.25, -0.2) is 4.98 Å². The van der Waals surface area contributed by atoms with Crippen LogP contribution in [0.15, 0.2) is 48.8 Å². The van der Waals surface area contributed by atoms with E-state index in [0.29, 0.717) is 30.3 Å². The Bertz CT molecular complexity index is 1460. The highest BCUT2D eigenvalue weighted by atomic mass is 15.2. The molecule has 2 atom stereocenters. The minimum atomic E-state index is 0.248. The first-order valence-electron chi connectivity index (χ1n) is 14.6. The maximum Gasteiger partial charge on any atom is 0.225 e. The van der Waals surface area contributed by atoms with Crippen LogP contribution in [0.1, 0.15) is 57.2 Å². The Kier molecular flexibility index (Phi) is 8.95. The smallest absolute Gasteiger partial charge is 0.225 e. The Morgan fingerprint density at radius 3 is 2.59 bits per heavy atom. The number of rotatable bonds is 11. The first-order valence-corrected chi connectivity index (χ1v) is 14.6. The van der Waals surface area contributed by atoms with Gasteiger partial charge in [0.1, 0.15) is 5.82 Å². The average molecular weight is 553 g/mol. The summed E-state index contributed by atoms with van der Waals surface area (Å²) in [5.74, 6) is 2.05. The van der Waals surface area contributed by atoms with Crippen LogP contribution in [0.2, 0.25) is 0 Å². The van der Waals surface area contributed by atoms with Crippen LogP contribution in [0.5, 0.6) is 0 Å². The standard InChI is InChI=1S/C31H40N10/c1-5-24-16-23(17-25(6-2)41(24)14-8-12-32)34-31-35-28-18-26(40(4)20-22-9-7-13-33-19-22)10-11-27(28)30(37-31)36-29-15-21(3)38-39-29/h7,9-11,13,15,18-19,23-25H,5-6,8,14,16-17,20H2,1-4H3,(H3,34,35,36,37,38,39). The van der Waals surface area contributed by atoms with Crippen LogP contribution in [-0.2, 0) is 6.54 Å². The molecule has 0 amide bonds. The van der Waals surface area contributed by atoms with E-state index in [1.165, 1.54) is 0 Å². The van der Waals surface area contributed by atoms with Gasteiger partial charge in [-0.05, 0) is 62.4 Å². The number of hydrogen-bond acceptors (Lipinski definition) is 9. The third-order valence-corrected chi connectivity index (χ3v) is 8.02. The lowest BCUT2D eigenvalue weighted by Gasteiger charge is -2.45. The summed E-state index contributed by atoms with van der Waals surface area (Å²) in [6.45, 7) is 8.03. The average Bonchev–Trinajstić information content (AvgIpc) is 3.40. The van der Waals surface area contributed by atoms with Gasteiger partial charge >= 0.3 is 0 Å². The number of pyridine rings is 1. The Balaban J connectivity index is 1.44. The van der Waals surface area contributed by atoms with Gasteiger partial charge in [0.2, 0.25) is 5.95 Å². The SMILES string of the molecule is CCC1CC(Nc2nc(Nc3cc(C)[nH]n3)c3ccc(N(C)Cc4cccnc4)cc3n2)CC(CC)N1CCC#N. The van der Waals surface area contributed by atoms with Gasteiger partial charge in [-0.1, -0.05) is 19.9 Å². The molecular formula is C31H40N10. The number of benzene rings is 1. The number of aromatic amines is 1. The van der Waals surface area contributed by atoms with E-state index in [9.17, 15) is 5.26 Å². The molecular weight excluding hydrogens is 512 g/mol. The van der Waals surface area contributed by atoms with E-state index in [-0.39, 0.29) is 6.04 Å². The maximum absolute atomic E-state index is 9.19. The number of anilines is 4. The lowest BCUT2D eigenvalue weighted by Crippen LogP contribution is -2.52. The Hall–Kier alpha value is -4.23. The molecule has 0 bridgehead atoms. The molecule has 1 aliphatic rings. The summed E-state index contributed by atoms with van der Waals surface area (Å²) in [6.07, 6.45) is 8.35. The predicted molar refractivity (Wildman–Crippen MR) is 164 cm³/mol. The van der Waals surface area contributed by atoms with Gasteiger partial charge < -0.3 is 15.5 Å². The quantitative estimate of drug-likeness (QED) is 0.212. The van der Waals surface area contributed by atoms with Crippen molar-refractivity contribution in [1.29, 1.82) is 5.26 Å². The number of nitriles is 1. The molecule has 0 aliphatic carbocycles. The van der Waals surface area contributed by atoms with Crippen molar-refractivity contribution in [3.8, 4) is 6.07 Å². The molecule has 10 heteroatoms. The second kappa shape index (κ2) is 13.0. The zero-order valence-electron chi connectivity index (χ0n) is 24.4. The van der Waals surface area contributed by atoms with Crippen molar-refractivity contribution < 1.29 is 0 Å². The first kappa shape index (κ1) is 28.3. The molecule has 5 rings (SSSR count). The summed E-state index contributed by atoms with van der Waals surface area (Å²) in [4.78, 5) is 19.0. The number of aromatic nitrogens is 5. The number of hydrogen-bond donors (Lipinski definition) is 3. The Morgan fingerprint density at radius 1 is 1.12 bits per heavy atom. The topological polar surface area (TPSA) is 122 Å². The maximum atomic E-state index is 9.19. The molecule has 41 heavy (non-hydrogen) atoms. The fourth-order valence-electron chi connectivity index (χ4n) is 5.94. The van der Waals surface area contributed by atoms with E-state index in [2.05, 4.69) is 86.8 Å². The highest BCUT2D eigenvalue weighted by Crippen LogP contribution is 2.32. The van der Waals surface area contributed by atoms with Crippen molar-refractivity contribution in [1.82, 2.24) is 30.0 Å². The lowest BCUT2D eigenvalue weighted by atomic mass is 9.88. The van der Waals surface area contributed by atoms with Crippen LogP contribution in [-0.4, -0.2) is 61.8 Å². The van der Waals surface area contributed by atoms with Crippen LogP contribution in [0.25, 0.3) is 10.9 Å². The number of nitrogens with zero attached hydrogens (tertiary/aromatic N) is 7. The normalized spacial score (nSPS) is 19.1. The molecule has 214 valence electrons. The number of piperidine rings is 1. The van der Waals surface area contributed by atoms with Crippen molar-refractivity contribution in [3.05, 3.63) is 60.0 Å². The van der Waals surface area contributed by atoms with Gasteiger partial charge in [0.25, 0.3) is 0 Å². The summed E-state index contributed by atoms with van der Waals surface area (Å²) < 4.78 is 0. The molecule has 1 aromatic carbocycles. The van der Waals surface area contributed by atoms with Gasteiger partial charge in [-0.15, -0.1) is 0 Å². The molecule has 1 saturated heterocycles. The molecule has 1 aliphatic heterocycles. The second-order valence-electron chi connectivity index (χ2n) is 11.0. The highest BCUT2D eigenvalue weighted by molar-refractivity contribution is 5.93. The zero-order chi connectivity index (χ0) is 28.8. The van der Waals surface area contributed by atoms with E-state index in [0.717, 1.165) is 72.4 Å².